The van der Waals surface area contributed by atoms with E-state index in [0.717, 1.165) is 5.39 Å². The predicted octanol–water partition coefficient (Wildman–Crippen LogP) is 1.35. The summed E-state index contributed by atoms with van der Waals surface area (Å²) in [6, 6.07) is 8.83. The normalized spacial score (nSPS) is 12.3. The van der Waals surface area contributed by atoms with E-state index >= 15 is 0 Å². The smallest absolute Gasteiger partial charge is 0.339 e. The number of aliphatic hydroxyl groups is 1. The van der Waals surface area contributed by atoms with Gasteiger partial charge >= 0.3 is 5.97 Å². The van der Waals surface area contributed by atoms with Gasteiger partial charge in [0.2, 0.25) is 0 Å². The van der Waals surface area contributed by atoms with Gasteiger partial charge in [-0.15, -0.1) is 0 Å². The van der Waals surface area contributed by atoms with Crippen LogP contribution >= 0.6 is 0 Å². The zero-order valence-corrected chi connectivity index (χ0v) is 11.0. The summed E-state index contributed by atoms with van der Waals surface area (Å²) in [7, 11) is 1.49. The molecule has 3 N–H and O–H groups in total. The van der Waals surface area contributed by atoms with Crippen molar-refractivity contribution in [1.82, 2.24) is 4.98 Å². The molecule has 1 heterocycles. The molecule has 0 amide bonds. The summed E-state index contributed by atoms with van der Waals surface area (Å²) in [5.41, 5.74) is 0.773. The van der Waals surface area contributed by atoms with Crippen LogP contribution in [0.25, 0.3) is 10.9 Å². The maximum Gasteiger partial charge on any atom is 0.339 e. The SMILES string of the molecule is COCC(O)CNc1nc2ccccc2cc1C(=O)O. The second-order valence-corrected chi connectivity index (χ2v) is 4.37. The van der Waals surface area contributed by atoms with Crippen molar-refractivity contribution in [3.05, 3.63) is 35.9 Å². The average Bonchev–Trinajstić information content (AvgIpc) is 2.44. The number of benzene rings is 1. The van der Waals surface area contributed by atoms with Crippen LogP contribution in [0.5, 0.6) is 0 Å². The molecule has 1 aromatic heterocycles. The summed E-state index contributed by atoms with van der Waals surface area (Å²) in [4.78, 5) is 15.6. The number of aromatic carboxylic acids is 1. The number of anilines is 1. The molecule has 106 valence electrons. The number of methoxy groups -OCH3 is 1. The summed E-state index contributed by atoms with van der Waals surface area (Å²) >= 11 is 0. The third-order valence-corrected chi connectivity index (χ3v) is 2.82. The standard InChI is InChI=1S/C14H16N2O4/c1-20-8-10(17)7-15-13-11(14(18)19)6-9-4-2-3-5-12(9)16-13/h2-6,10,17H,7-8H2,1H3,(H,15,16)(H,18,19). The summed E-state index contributed by atoms with van der Waals surface area (Å²) in [6.45, 7) is 0.336. The van der Waals surface area contributed by atoms with Gasteiger partial charge in [-0.3, -0.25) is 0 Å². The number of fused-ring (bicyclic) bond motifs is 1. The minimum absolute atomic E-state index is 0.0771. The summed E-state index contributed by atoms with van der Waals surface area (Å²) in [5, 5.41) is 22.4. The van der Waals surface area contributed by atoms with Crippen molar-refractivity contribution in [2.24, 2.45) is 0 Å². The van der Waals surface area contributed by atoms with E-state index in [2.05, 4.69) is 10.3 Å². The summed E-state index contributed by atoms with van der Waals surface area (Å²) in [6.07, 6.45) is -0.727. The van der Waals surface area contributed by atoms with Gasteiger partial charge in [0.25, 0.3) is 0 Å². The van der Waals surface area contributed by atoms with Crippen molar-refractivity contribution in [3.63, 3.8) is 0 Å². The Labute approximate surface area is 116 Å². The Kier molecular flexibility index (Phi) is 4.49. The predicted molar refractivity (Wildman–Crippen MR) is 75.1 cm³/mol. The highest BCUT2D eigenvalue weighted by atomic mass is 16.5. The number of rotatable bonds is 6. The Bertz CT molecular complexity index is 615. The van der Waals surface area contributed by atoms with Gasteiger partial charge in [0.15, 0.2) is 0 Å². The van der Waals surface area contributed by atoms with E-state index in [4.69, 9.17) is 4.74 Å². The first-order valence-corrected chi connectivity index (χ1v) is 6.15. The van der Waals surface area contributed by atoms with Crippen molar-refractivity contribution >= 4 is 22.7 Å². The molecule has 0 bridgehead atoms. The number of para-hydroxylation sites is 1. The largest absolute Gasteiger partial charge is 0.478 e. The van der Waals surface area contributed by atoms with E-state index in [1.165, 1.54) is 7.11 Å². The summed E-state index contributed by atoms with van der Waals surface area (Å²) < 4.78 is 4.81. The molecule has 0 aliphatic carbocycles. The zero-order valence-electron chi connectivity index (χ0n) is 11.0. The van der Waals surface area contributed by atoms with Crippen LogP contribution in [0, 0.1) is 0 Å². The number of hydrogen-bond donors (Lipinski definition) is 3. The van der Waals surface area contributed by atoms with E-state index in [1.54, 1.807) is 18.2 Å². The molecule has 0 fully saturated rings. The van der Waals surface area contributed by atoms with Crippen LogP contribution in [0.2, 0.25) is 0 Å². The van der Waals surface area contributed by atoms with Crippen LogP contribution in [0.15, 0.2) is 30.3 Å². The Morgan fingerprint density at radius 2 is 2.20 bits per heavy atom. The number of ether oxygens (including phenoxy) is 1. The number of carbonyl (C=O) groups is 1. The van der Waals surface area contributed by atoms with Gasteiger partial charge in [-0.1, -0.05) is 18.2 Å². The molecule has 0 radical (unpaired) electrons. The molecule has 1 unspecified atom stereocenters. The van der Waals surface area contributed by atoms with E-state index < -0.39 is 12.1 Å². The van der Waals surface area contributed by atoms with Gasteiger partial charge in [0, 0.05) is 19.0 Å². The number of pyridine rings is 1. The molecule has 0 saturated heterocycles. The van der Waals surface area contributed by atoms with Crippen LogP contribution in [0.4, 0.5) is 5.82 Å². The number of hydrogen-bond acceptors (Lipinski definition) is 5. The highest BCUT2D eigenvalue weighted by Gasteiger charge is 2.14. The monoisotopic (exact) mass is 276 g/mol. The lowest BCUT2D eigenvalue weighted by Gasteiger charge is -2.13. The highest BCUT2D eigenvalue weighted by Crippen LogP contribution is 2.20. The number of aromatic nitrogens is 1. The topological polar surface area (TPSA) is 91.7 Å². The molecule has 2 rings (SSSR count). The van der Waals surface area contributed by atoms with Crippen molar-refractivity contribution in [1.29, 1.82) is 0 Å². The first-order valence-electron chi connectivity index (χ1n) is 6.15. The van der Waals surface area contributed by atoms with Crippen LogP contribution < -0.4 is 5.32 Å². The number of carboxylic acids is 1. The molecule has 6 heteroatoms. The van der Waals surface area contributed by atoms with E-state index in [0.29, 0.717) is 5.52 Å². The number of carboxylic acid groups (broad SMARTS) is 1. The molecule has 0 spiro atoms. The van der Waals surface area contributed by atoms with Gasteiger partial charge in [-0.25, -0.2) is 9.78 Å². The number of aliphatic hydroxyl groups excluding tert-OH is 1. The Balaban J connectivity index is 2.30. The fourth-order valence-electron chi connectivity index (χ4n) is 1.88. The molecule has 0 aliphatic heterocycles. The van der Waals surface area contributed by atoms with Gasteiger partial charge in [-0.2, -0.15) is 0 Å². The lowest BCUT2D eigenvalue weighted by atomic mass is 10.1. The first-order chi connectivity index (χ1) is 9.61. The van der Waals surface area contributed by atoms with Crippen molar-refractivity contribution < 1.29 is 19.7 Å². The van der Waals surface area contributed by atoms with E-state index in [-0.39, 0.29) is 24.5 Å². The van der Waals surface area contributed by atoms with Crippen LogP contribution in [0.3, 0.4) is 0 Å². The highest BCUT2D eigenvalue weighted by molar-refractivity contribution is 5.98. The first kappa shape index (κ1) is 14.2. The van der Waals surface area contributed by atoms with E-state index in [9.17, 15) is 15.0 Å². The maximum absolute atomic E-state index is 11.3. The molecule has 1 atom stereocenters. The maximum atomic E-state index is 11.3. The molecule has 6 nitrogen and oxygen atoms in total. The van der Waals surface area contributed by atoms with Gasteiger partial charge in [-0.05, 0) is 12.1 Å². The zero-order chi connectivity index (χ0) is 14.5. The quantitative estimate of drug-likeness (QED) is 0.737. The molecule has 2 aromatic rings. The lowest BCUT2D eigenvalue weighted by molar-refractivity contribution is 0.0693. The van der Waals surface area contributed by atoms with Crippen LogP contribution in [-0.2, 0) is 4.74 Å². The molecule has 20 heavy (non-hydrogen) atoms. The minimum atomic E-state index is -1.06. The molecule has 0 aliphatic rings. The number of nitrogens with one attached hydrogen (secondary N) is 1. The third kappa shape index (κ3) is 3.23. The summed E-state index contributed by atoms with van der Waals surface area (Å²) in [5.74, 6) is -0.821. The fraction of sp³-hybridized carbons (Fsp3) is 0.286. The van der Waals surface area contributed by atoms with Gasteiger partial charge < -0.3 is 20.3 Å². The minimum Gasteiger partial charge on any atom is -0.478 e. The molecule has 1 aromatic carbocycles. The molecular formula is C14H16N2O4. The fourth-order valence-corrected chi connectivity index (χ4v) is 1.88. The molecule has 0 saturated carbocycles. The lowest BCUT2D eigenvalue weighted by Crippen LogP contribution is -2.25. The van der Waals surface area contributed by atoms with Gasteiger partial charge in [0.05, 0.1) is 18.2 Å². The second-order valence-electron chi connectivity index (χ2n) is 4.37. The van der Waals surface area contributed by atoms with Crippen LogP contribution in [-0.4, -0.2) is 47.5 Å². The third-order valence-electron chi connectivity index (χ3n) is 2.82. The van der Waals surface area contributed by atoms with Crippen molar-refractivity contribution in [2.45, 2.75) is 6.10 Å². The Morgan fingerprint density at radius 1 is 1.45 bits per heavy atom. The van der Waals surface area contributed by atoms with E-state index in [1.807, 2.05) is 12.1 Å². The Morgan fingerprint density at radius 3 is 2.90 bits per heavy atom. The van der Waals surface area contributed by atoms with Crippen molar-refractivity contribution in [3.8, 4) is 0 Å². The van der Waals surface area contributed by atoms with Crippen LogP contribution in [0.1, 0.15) is 10.4 Å². The van der Waals surface area contributed by atoms with Crippen molar-refractivity contribution in [2.75, 3.05) is 25.6 Å². The number of nitrogens with zero attached hydrogens (tertiary/aromatic N) is 1. The molecular weight excluding hydrogens is 260 g/mol. The average molecular weight is 276 g/mol. The Hall–Kier alpha value is -2.18. The van der Waals surface area contributed by atoms with Gasteiger partial charge in [0.1, 0.15) is 11.4 Å². The second kappa shape index (κ2) is 6.31.